The topological polar surface area (TPSA) is 93.8 Å². The van der Waals surface area contributed by atoms with Crippen molar-refractivity contribution in [1.29, 1.82) is 0 Å². The third-order valence-electron chi connectivity index (χ3n) is 6.40. The van der Waals surface area contributed by atoms with E-state index in [1.165, 1.54) is 17.4 Å². The molecule has 2 heterocycles. The normalized spacial score (nSPS) is 19.8. The van der Waals surface area contributed by atoms with Crippen LogP contribution in [0.1, 0.15) is 58.8 Å². The van der Waals surface area contributed by atoms with Gasteiger partial charge in [-0.3, -0.25) is 4.79 Å². The van der Waals surface area contributed by atoms with Gasteiger partial charge in [-0.15, -0.1) is 0 Å². The van der Waals surface area contributed by atoms with Gasteiger partial charge in [0.05, 0.1) is 18.6 Å². The van der Waals surface area contributed by atoms with Gasteiger partial charge in [0, 0.05) is 18.2 Å². The van der Waals surface area contributed by atoms with E-state index in [0.29, 0.717) is 36.9 Å². The quantitative estimate of drug-likeness (QED) is 0.362. The fourth-order valence-electron chi connectivity index (χ4n) is 4.42. The summed E-state index contributed by atoms with van der Waals surface area (Å²) >= 11 is 5.92. The molecule has 0 aliphatic carbocycles. The van der Waals surface area contributed by atoms with Gasteiger partial charge in [0.1, 0.15) is 6.26 Å². The summed E-state index contributed by atoms with van der Waals surface area (Å²) in [5, 5.41) is 12.7. The van der Waals surface area contributed by atoms with Crippen LogP contribution in [0.4, 0.5) is 0 Å². The fourth-order valence-corrected chi connectivity index (χ4v) is 4.54. The van der Waals surface area contributed by atoms with Crippen LogP contribution in [0.15, 0.2) is 59.2 Å². The van der Waals surface area contributed by atoms with E-state index < -0.39 is 0 Å². The number of aliphatic hydroxyl groups is 1. The SMILES string of the molecule is CC1OCC(c2nc(C(=O)NCCc3ccc(Cl)cc3)co2)C(Cc2ccccc2CCCCO)O1. The number of halogens is 1. The molecular weight excluding hydrogens is 480 g/mol. The van der Waals surface area contributed by atoms with E-state index in [-0.39, 0.29) is 36.5 Å². The maximum absolute atomic E-state index is 12.6. The van der Waals surface area contributed by atoms with Gasteiger partial charge in [0.2, 0.25) is 5.89 Å². The zero-order chi connectivity index (χ0) is 25.3. The molecule has 3 unspecified atom stereocenters. The number of benzene rings is 2. The van der Waals surface area contributed by atoms with E-state index in [9.17, 15) is 4.79 Å². The molecule has 192 valence electrons. The molecule has 1 fully saturated rings. The molecule has 0 bridgehead atoms. The number of aryl methyl sites for hydroxylation is 1. The smallest absolute Gasteiger partial charge is 0.273 e. The van der Waals surface area contributed by atoms with Crippen LogP contribution < -0.4 is 5.32 Å². The number of unbranched alkanes of at least 4 members (excludes halogenated alkanes) is 1. The lowest BCUT2D eigenvalue weighted by atomic mass is 9.91. The van der Waals surface area contributed by atoms with E-state index in [1.54, 1.807) is 0 Å². The molecule has 1 saturated heterocycles. The first-order valence-electron chi connectivity index (χ1n) is 12.5. The number of amides is 1. The van der Waals surface area contributed by atoms with Gasteiger partial charge in [-0.25, -0.2) is 4.98 Å². The van der Waals surface area contributed by atoms with Crippen molar-refractivity contribution < 1.29 is 23.8 Å². The molecule has 0 spiro atoms. The molecule has 0 saturated carbocycles. The molecule has 36 heavy (non-hydrogen) atoms. The molecule has 2 N–H and O–H groups in total. The molecule has 2 aromatic carbocycles. The van der Waals surface area contributed by atoms with Crippen LogP contribution in [-0.2, 0) is 28.7 Å². The molecule has 3 atom stereocenters. The van der Waals surface area contributed by atoms with Crippen LogP contribution >= 0.6 is 11.6 Å². The zero-order valence-corrected chi connectivity index (χ0v) is 21.2. The van der Waals surface area contributed by atoms with Gasteiger partial charge in [-0.05, 0) is 67.9 Å². The molecular formula is C28H33ClN2O5. The Morgan fingerprint density at radius 3 is 2.67 bits per heavy atom. The molecule has 4 rings (SSSR count). The van der Waals surface area contributed by atoms with Crippen molar-refractivity contribution in [3.05, 3.63) is 88.1 Å². The van der Waals surface area contributed by atoms with E-state index in [1.807, 2.05) is 43.3 Å². The maximum atomic E-state index is 12.6. The monoisotopic (exact) mass is 512 g/mol. The average Bonchev–Trinajstić information content (AvgIpc) is 3.37. The van der Waals surface area contributed by atoms with Crippen LogP contribution in [0.5, 0.6) is 0 Å². The first-order valence-corrected chi connectivity index (χ1v) is 12.8. The number of carbonyl (C=O) groups is 1. The van der Waals surface area contributed by atoms with Crippen molar-refractivity contribution in [2.45, 2.75) is 57.3 Å². The lowest BCUT2D eigenvalue weighted by molar-refractivity contribution is -0.214. The van der Waals surface area contributed by atoms with Crippen LogP contribution in [0.25, 0.3) is 0 Å². The average molecular weight is 513 g/mol. The van der Waals surface area contributed by atoms with Crippen molar-refractivity contribution in [2.75, 3.05) is 19.8 Å². The lowest BCUT2D eigenvalue weighted by Crippen LogP contribution is -2.39. The number of carbonyl (C=O) groups excluding carboxylic acids is 1. The molecule has 1 amide bonds. The van der Waals surface area contributed by atoms with Crippen molar-refractivity contribution in [3.8, 4) is 0 Å². The number of rotatable bonds is 11. The first-order chi connectivity index (χ1) is 17.5. The third kappa shape index (κ3) is 7.17. The number of nitrogens with one attached hydrogen (secondary N) is 1. The van der Waals surface area contributed by atoms with Gasteiger partial charge in [-0.1, -0.05) is 48.0 Å². The molecule has 7 nitrogen and oxygen atoms in total. The minimum Gasteiger partial charge on any atom is -0.448 e. The third-order valence-corrected chi connectivity index (χ3v) is 6.66. The number of hydrogen-bond donors (Lipinski definition) is 2. The number of aliphatic hydroxyl groups excluding tert-OH is 1. The van der Waals surface area contributed by atoms with Gasteiger partial charge >= 0.3 is 0 Å². The lowest BCUT2D eigenvalue weighted by Gasteiger charge is -2.34. The van der Waals surface area contributed by atoms with Crippen molar-refractivity contribution in [1.82, 2.24) is 10.3 Å². The summed E-state index contributed by atoms with van der Waals surface area (Å²) in [5.41, 5.74) is 3.78. The van der Waals surface area contributed by atoms with Crippen molar-refractivity contribution in [3.63, 3.8) is 0 Å². The number of aromatic nitrogens is 1. The van der Waals surface area contributed by atoms with Crippen LogP contribution in [0.3, 0.4) is 0 Å². The van der Waals surface area contributed by atoms with Crippen molar-refractivity contribution >= 4 is 17.5 Å². The van der Waals surface area contributed by atoms with E-state index in [0.717, 1.165) is 24.8 Å². The predicted molar refractivity (Wildman–Crippen MR) is 137 cm³/mol. The highest BCUT2D eigenvalue weighted by molar-refractivity contribution is 6.30. The molecule has 1 aliphatic rings. The van der Waals surface area contributed by atoms with Crippen LogP contribution in [0, 0.1) is 0 Å². The Hall–Kier alpha value is -2.71. The Kier molecular flexibility index (Phi) is 9.53. The summed E-state index contributed by atoms with van der Waals surface area (Å²) in [7, 11) is 0. The Labute approximate surface area is 216 Å². The highest BCUT2D eigenvalue weighted by Gasteiger charge is 2.35. The van der Waals surface area contributed by atoms with Gasteiger partial charge in [0.15, 0.2) is 12.0 Å². The minimum atomic E-state index is -0.335. The van der Waals surface area contributed by atoms with Gasteiger partial charge in [0.25, 0.3) is 5.91 Å². The van der Waals surface area contributed by atoms with E-state index in [2.05, 4.69) is 22.4 Å². The number of nitrogens with zero attached hydrogens (tertiary/aromatic N) is 1. The standard InChI is InChI=1S/C28H33ClN2O5/c1-19-34-17-24(26(36-19)16-22-8-3-2-6-21(22)7-4-5-15-32)28-31-25(18-35-28)27(33)30-14-13-20-9-11-23(29)12-10-20/h2-3,6,8-12,18-19,24,26,32H,4-5,7,13-17H2,1H3,(H,30,33). The Morgan fingerprint density at radius 2 is 1.89 bits per heavy atom. The second-order valence-corrected chi connectivity index (χ2v) is 9.48. The van der Waals surface area contributed by atoms with Crippen molar-refractivity contribution in [2.24, 2.45) is 0 Å². The Morgan fingerprint density at radius 1 is 1.11 bits per heavy atom. The molecule has 1 aliphatic heterocycles. The minimum absolute atomic E-state index is 0.200. The highest BCUT2D eigenvalue weighted by atomic mass is 35.5. The summed E-state index contributed by atoms with van der Waals surface area (Å²) in [6, 6.07) is 15.9. The molecule has 3 aromatic rings. The molecule has 0 radical (unpaired) electrons. The molecule has 8 heteroatoms. The Bertz CT molecular complexity index is 1120. The van der Waals surface area contributed by atoms with Crippen LogP contribution in [0.2, 0.25) is 5.02 Å². The van der Waals surface area contributed by atoms with E-state index >= 15 is 0 Å². The largest absolute Gasteiger partial charge is 0.448 e. The number of ether oxygens (including phenoxy) is 2. The summed E-state index contributed by atoms with van der Waals surface area (Å²) < 4.78 is 17.7. The summed E-state index contributed by atoms with van der Waals surface area (Å²) in [4.78, 5) is 17.1. The highest BCUT2D eigenvalue weighted by Crippen LogP contribution is 2.31. The Balaban J connectivity index is 1.39. The van der Waals surface area contributed by atoms with Crippen LogP contribution in [-0.4, -0.2) is 48.2 Å². The summed E-state index contributed by atoms with van der Waals surface area (Å²) in [5.74, 6) is -0.0782. The zero-order valence-electron chi connectivity index (χ0n) is 20.5. The summed E-state index contributed by atoms with van der Waals surface area (Å²) in [6.45, 7) is 2.96. The number of hydrogen-bond acceptors (Lipinski definition) is 6. The van der Waals surface area contributed by atoms with E-state index in [4.69, 9.17) is 30.6 Å². The van der Waals surface area contributed by atoms with Gasteiger partial charge < -0.3 is 24.3 Å². The fraction of sp³-hybridized carbons (Fsp3) is 0.429. The van der Waals surface area contributed by atoms with Gasteiger partial charge in [-0.2, -0.15) is 0 Å². The number of oxazole rings is 1. The maximum Gasteiger partial charge on any atom is 0.273 e. The second-order valence-electron chi connectivity index (χ2n) is 9.04. The first kappa shape index (κ1) is 26.4. The predicted octanol–water partition coefficient (Wildman–Crippen LogP) is 4.70. The second kappa shape index (κ2) is 13.0. The molecule has 1 aromatic heterocycles. The summed E-state index contributed by atoms with van der Waals surface area (Å²) in [6.07, 6.45) is 4.84.